The van der Waals surface area contributed by atoms with Gasteiger partial charge in [0.2, 0.25) is 0 Å². The predicted octanol–water partition coefficient (Wildman–Crippen LogP) is 2.81. The smallest absolute Gasteiger partial charge is 0.165 e. The van der Waals surface area contributed by atoms with E-state index in [4.69, 9.17) is 10.1 Å². The van der Waals surface area contributed by atoms with Crippen LogP contribution in [0.25, 0.3) is 16.8 Å². The molecule has 1 aromatic carbocycles. The summed E-state index contributed by atoms with van der Waals surface area (Å²) in [5, 5.41) is 13.9. The lowest BCUT2D eigenvalue weighted by atomic mass is 9.91. The van der Waals surface area contributed by atoms with Crippen molar-refractivity contribution in [3.8, 4) is 11.1 Å². The van der Waals surface area contributed by atoms with Gasteiger partial charge in [-0.25, -0.2) is 4.98 Å². The molecule has 0 unspecified atom stereocenters. The van der Waals surface area contributed by atoms with Gasteiger partial charge in [0.05, 0.1) is 18.5 Å². The van der Waals surface area contributed by atoms with Gasteiger partial charge >= 0.3 is 0 Å². The van der Waals surface area contributed by atoms with Crippen LogP contribution in [0.4, 0.5) is 5.82 Å². The third kappa shape index (κ3) is 3.62. The molecular formula is C22H29N5O. The second-order valence-corrected chi connectivity index (χ2v) is 8.46. The molecule has 2 aromatic heterocycles. The molecule has 0 atom stereocenters. The first-order valence-corrected chi connectivity index (χ1v) is 10.0. The van der Waals surface area contributed by atoms with Crippen LogP contribution >= 0.6 is 0 Å². The third-order valence-electron chi connectivity index (χ3n) is 5.42. The number of β-amino-alcohol motifs (C(OH)–C–C–N with tert-alkyl or cyclic N) is 1. The predicted molar refractivity (Wildman–Crippen MR) is 113 cm³/mol. The summed E-state index contributed by atoms with van der Waals surface area (Å²) < 4.78 is 1.99. The van der Waals surface area contributed by atoms with E-state index in [0.717, 1.165) is 61.0 Å². The standard InChI is InChI=1S/C22H29N5O/c1-22(2,3)19-15-20(26-11-9-25(10-12-26)13-14-28)27-21(24-19)18(16-23-27)17-7-5-4-6-8-17/h4-8,15-16,28H,9-14H2,1-3H3. The van der Waals surface area contributed by atoms with Crippen LogP contribution in [-0.4, -0.2) is 63.9 Å². The molecular weight excluding hydrogens is 350 g/mol. The Labute approximate surface area is 166 Å². The maximum absolute atomic E-state index is 9.20. The van der Waals surface area contributed by atoms with Crippen LogP contribution in [0.5, 0.6) is 0 Å². The number of aliphatic hydroxyl groups is 1. The van der Waals surface area contributed by atoms with Gasteiger partial charge in [0.1, 0.15) is 5.82 Å². The average Bonchev–Trinajstić information content (AvgIpc) is 3.12. The van der Waals surface area contributed by atoms with Crippen LogP contribution in [0.15, 0.2) is 42.6 Å². The fraction of sp³-hybridized carbons (Fsp3) is 0.455. The summed E-state index contributed by atoms with van der Waals surface area (Å²) in [4.78, 5) is 9.71. The molecule has 148 valence electrons. The SMILES string of the molecule is CC(C)(C)c1cc(N2CCN(CCO)CC2)n2ncc(-c3ccccc3)c2n1. The van der Waals surface area contributed by atoms with E-state index in [2.05, 4.69) is 48.8 Å². The number of benzene rings is 1. The van der Waals surface area contributed by atoms with Crippen molar-refractivity contribution in [2.45, 2.75) is 26.2 Å². The van der Waals surface area contributed by atoms with Crippen LogP contribution in [-0.2, 0) is 5.41 Å². The van der Waals surface area contributed by atoms with Crippen molar-refractivity contribution in [2.75, 3.05) is 44.2 Å². The van der Waals surface area contributed by atoms with E-state index in [1.54, 1.807) is 0 Å². The highest BCUT2D eigenvalue weighted by molar-refractivity contribution is 5.78. The maximum Gasteiger partial charge on any atom is 0.165 e. The molecule has 1 N–H and O–H groups in total. The summed E-state index contributed by atoms with van der Waals surface area (Å²) in [6.07, 6.45) is 1.93. The van der Waals surface area contributed by atoms with E-state index in [1.165, 1.54) is 0 Å². The summed E-state index contributed by atoms with van der Waals surface area (Å²) in [6.45, 7) is 11.3. The van der Waals surface area contributed by atoms with Gasteiger partial charge in [0.15, 0.2) is 5.65 Å². The number of fused-ring (bicyclic) bond motifs is 1. The first-order valence-electron chi connectivity index (χ1n) is 10.0. The molecule has 28 heavy (non-hydrogen) atoms. The molecule has 1 aliphatic rings. The van der Waals surface area contributed by atoms with Gasteiger partial charge in [-0.05, 0) is 5.56 Å². The number of hydrogen-bond donors (Lipinski definition) is 1. The van der Waals surface area contributed by atoms with E-state index in [0.29, 0.717) is 0 Å². The number of anilines is 1. The summed E-state index contributed by atoms with van der Waals surface area (Å²) in [6, 6.07) is 12.5. The molecule has 3 heterocycles. The molecule has 0 radical (unpaired) electrons. The van der Waals surface area contributed by atoms with Crippen LogP contribution in [0, 0.1) is 0 Å². The van der Waals surface area contributed by atoms with Gasteiger partial charge in [-0.3, -0.25) is 4.90 Å². The van der Waals surface area contributed by atoms with Crippen LogP contribution < -0.4 is 4.90 Å². The minimum atomic E-state index is -0.0482. The topological polar surface area (TPSA) is 56.9 Å². The summed E-state index contributed by atoms with van der Waals surface area (Å²) in [7, 11) is 0. The Hall–Kier alpha value is -2.44. The molecule has 1 fully saturated rings. The van der Waals surface area contributed by atoms with Crippen molar-refractivity contribution in [2.24, 2.45) is 0 Å². The van der Waals surface area contributed by atoms with Gasteiger partial charge in [-0.2, -0.15) is 9.61 Å². The quantitative estimate of drug-likeness (QED) is 0.755. The number of rotatable bonds is 4. The minimum absolute atomic E-state index is 0.0482. The lowest BCUT2D eigenvalue weighted by Gasteiger charge is -2.36. The zero-order chi connectivity index (χ0) is 19.7. The molecule has 6 nitrogen and oxygen atoms in total. The van der Waals surface area contributed by atoms with Crippen molar-refractivity contribution in [3.63, 3.8) is 0 Å². The monoisotopic (exact) mass is 379 g/mol. The zero-order valence-electron chi connectivity index (χ0n) is 17.0. The molecule has 0 bridgehead atoms. The Morgan fingerprint density at radius 1 is 1.04 bits per heavy atom. The van der Waals surface area contributed by atoms with E-state index >= 15 is 0 Å². The molecule has 6 heteroatoms. The van der Waals surface area contributed by atoms with Crippen molar-refractivity contribution < 1.29 is 5.11 Å². The summed E-state index contributed by atoms with van der Waals surface area (Å²) >= 11 is 0. The highest BCUT2D eigenvalue weighted by Crippen LogP contribution is 2.31. The van der Waals surface area contributed by atoms with E-state index < -0.39 is 0 Å². The second kappa shape index (κ2) is 7.53. The van der Waals surface area contributed by atoms with Gasteiger partial charge in [-0.1, -0.05) is 51.1 Å². The lowest BCUT2D eigenvalue weighted by molar-refractivity contribution is 0.188. The average molecular weight is 380 g/mol. The van der Waals surface area contributed by atoms with E-state index in [-0.39, 0.29) is 12.0 Å². The fourth-order valence-corrected chi connectivity index (χ4v) is 3.72. The lowest BCUT2D eigenvalue weighted by Crippen LogP contribution is -2.47. The molecule has 0 saturated carbocycles. The fourth-order valence-electron chi connectivity index (χ4n) is 3.72. The molecule has 0 amide bonds. The number of aromatic nitrogens is 3. The number of piperazine rings is 1. The van der Waals surface area contributed by atoms with Crippen molar-refractivity contribution in [3.05, 3.63) is 48.3 Å². The second-order valence-electron chi connectivity index (χ2n) is 8.46. The Bertz CT molecular complexity index is 937. The van der Waals surface area contributed by atoms with Crippen LogP contribution in [0.1, 0.15) is 26.5 Å². The number of nitrogens with zero attached hydrogens (tertiary/aromatic N) is 5. The minimum Gasteiger partial charge on any atom is -0.395 e. The Morgan fingerprint density at radius 2 is 1.75 bits per heavy atom. The van der Waals surface area contributed by atoms with Crippen LogP contribution in [0.2, 0.25) is 0 Å². The molecule has 3 aromatic rings. The zero-order valence-corrected chi connectivity index (χ0v) is 17.0. The summed E-state index contributed by atoms with van der Waals surface area (Å²) in [5.74, 6) is 1.10. The van der Waals surface area contributed by atoms with Crippen molar-refractivity contribution in [1.29, 1.82) is 0 Å². The third-order valence-corrected chi connectivity index (χ3v) is 5.42. The molecule has 1 aliphatic heterocycles. The van der Waals surface area contributed by atoms with E-state index in [1.807, 2.05) is 28.9 Å². The molecule has 0 spiro atoms. The molecule has 1 saturated heterocycles. The first-order chi connectivity index (χ1) is 13.5. The Kier molecular flexibility index (Phi) is 5.08. The Balaban J connectivity index is 1.79. The highest BCUT2D eigenvalue weighted by Gasteiger charge is 2.25. The van der Waals surface area contributed by atoms with Gasteiger partial charge in [0, 0.05) is 49.8 Å². The maximum atomic E-state index is 9.20. The van der Waals surface area contributed by atoms with Crippen molar-refractivity contribution >= 4 is 11.5 Å². The summed E-state index contributed by atoms with van der Waals surface area (Å²) in [5.41, 5.74) is 4.13. The number of aliphatic hydroxyl groups excluding tert-OH is 1. The molecule has 0 aliphatic carbocycles. The van der Waals surface area contributed by atoms with E-state index in [9.17, 15) is 5.11 Å². The molecule has 4 rings (SSSR count). The van der Waals surface area contributed by atoms with Crippen LogP contribution in [0.3, 0.4) is 0 Å². The van der Waals surface area contributed by atoms with Gasteiger partial charge in [0.25, 0.3) is 0 Å². The van der Waals surface area contributed by atoms with Crippen molar-refractivity contribution in [1.82, 2.24) is 19.5 Å². The number of hydrogen-bond acceptors (Lipinski definition) is 5. The largest absolute Gasteiger partial charge is 0.395 e. The highest BCUT2D eigenvalue weighted by atomic mass is 16.3. The normalized spacial score (nSPS) is 16.1. The van der Waals surface area contributed by atoms with Gasteiger partial charge in [-0.15, -0.1) is 0 Å². The Morgan fingerprint density at radius 3 is 2.39 bits per heavy atom. The van der Waals surface area contributed by atoms with Gasteiger partial charge < -0.3 is 10.0 Å². The first kappa shape index (κ1) is 18.9.